The topological polar surface area (TPSA) is 100 Å². The molecule has 0 bridgehead atoms. The summed E-state index contributed by atoms with van der Waals surface area (Å²) in [6.45, 7) is 4.07. The molecule has 0 aliphatic carbocycles. The van der Waals surface area contributed by atoms with Crippen LogP contribution in [-0.4, -0.2) is 27.5 Å². The number of nitriles is 1. The van der Waals surface area contributed by atoms with Crippen molar-refractivity contribution in [3.63, 3.8) is 0 Å². The maximum absolute atomic E-state index is 12.7. The molecule has 2 heterocycles. The quantitative estimate of drug-likeness (QED) is 0.653. The highest BCUT2D eigenvalue weighted by Gasteiger charge is 2.18. The summed E-state index contributed by atoms with van der Waals surface area (Å²) in [5.74, 6) is 0.348. The summed E-state index contributed by atoms with van der Waals surface area (Å²) >= 11 is 0. The summed E-state index contributed by atoms with van der Waals surface area (Å²) in [7, 11) is 0. The van der Waals surface area contributed by atoms with Crippen LogP contribution in [0.25, 0.3) is 0 Å². The van der Waals surface area contributed by atoms with Crippen LogP contribution in [0.5, 0.6) is 11.6 Å². The molecule has 0 spiro atoms. The number of benzene rings is 1. The third kappa shape index (κ3) is 4.17. The van der Waals surface area contributed by atoms with Gasteiger partial charge >= 0.3 is 0 Å². The van der Waals surface area contributed by atoms with Crippen LogP contribution in [0.15, 0.2) is 58.6 Å². The maximum atomic E-state index is 12.7. The van der Waals surface area contributed by atoms with E-state index in [9.17, 15) is 15.2 Å². The largest absolute Gasteiger partial charge is 0.494 e. The van der Waals surface area contributed by atoms with Gasteiger partial charge in [0.05, 0.1) is 18.7 Å². The zero-order chi connectivity index (χ0) is 20.8. The van der Waals surface area contributed by atoms with Crippen LogP contribution >= 0.6 is 0 Å². The fourth-order valence-corrected chi connectivity index (χ4v) is 2.92. The first-order valence-electron chi connectivity index (χ1n) is 9.08. The van der Waals surface area contributed by atoms with E-state index in [-0.39, 0.29) is 18.0 Å². The number of hydrogen-bond donors (Lipinski definition) is 1. The second-order valence-electron chi connectivity index (χ2n) is 6.26. The third-order valence-corrected chi connectivity index (χ3v) is 4.41. The number of nitrogens with zero attached hydrogens (tertiary/aromatic N) is 4. The lowest BCUT2D eigenvalue weighted by atomic mass is 10.1. The minimum absolute atomic E-state index is 0.0359. The third-order valence-electron chi connectivity index (χ3n) is 4.41. The number of aromatic nitrogens is 2. The molecule has 29 heavy (non-hydrogen) atoms. The molecule has 3 aromatic rings. The minimum atomic E-state index is -0.557. The standard InChI is InChI=1S/C22H20N4O3/c1-3-29-20-9-5-4-8-19(20)25-13-18-15(2)17(11-23)21(27)26(22(18)28)14-16-7-6-10-24-12-16/h4-10,12-13,28H,3,14H2,1-2H3. The van der Waals surface area contributed by atoms with Crippen molar-refractivity contribution in [2.75, 3.05) is 6.61 Å². The smallest absolute Gasteiger partial charge is 0.271 e. The number of aromatic hydroxyl groups is 1. The average molecular weight is 388 g/mol. The van der Waals surface area contributed by atoms with E-state index < -0.39 is 5.56 Å². The predicted octanol–water partition coefficient (Wildman–Crippen LogP) is 3.33. The van der Waals surface area contributed by atoms with Gasteiger partial charge in [0.2, 0.25) is 5.88 Å². The van der Waals surface area contributed by atoms with Crippen molar-refractivity contribution in [1.82, 2.24) is 9.55 Å². The zero-order valence-electron chi connectivity index (χ0n) is 16.2. The summed E-state index contributed by atoms with van der Waals surface area (Å²) in [6, 6.07) is 12.7. The molecule has 0 aliphatic rings. The number of ether oxygens (including phenoxy) is 1. The molecule has 0 fully saturated rings. The Labute approximate surface area is 168 Å². The molecular weight excluding hydrogens is 368 g/mol. The van der Waals surface area contributed by atoms with Gasteiger partial charge in [-0.2, -0.15) is 5.26 Å². The molecule has 0 radical (unpaired) electrons. The van der Waals surface area contributed by atoms with E-state index in [0.29, 0.717) is 29.2 Å². The van der Waals surface area contributed by atoms with E-state index in [1.54, 1.807) is 43.6 Å². The molecule has 0 saturated carbocycles. The highest BCUT2D eigenvalue weighted by atomic mass is 16.5. The average Bonchev–Trinajstić information content (AvgIpc) is 2.73. The van der Waals surface area contributed by atoms with Gasteiger partial charge in [0, 0.05) is 18.6 Å². The Kier molecular flexibility index (Phi) is 6.05. The van der Waals surface area contributed by atoms with E-state index >= 15 is 0 Å². The highest BCUT2D eigenvalue weighted by molar-refractivity contribution is 5.87. The summed E-state index contributed by atoms with van der Waals surface area (Å²) < 4.78 is 6.71. The Hall–Kier alpha value is -3.92. The second kappa shape index (κ2) is 8.85. The van der Waals surface area contributed by atoms with Crippen molar-refractivity contribution >= 4 is 11.9 Å². The van der Waals surface area contributed by atoms with E-state index in [1.165, 1.54) is 6.21 Å². The van der Waals surface area contributed by atoms with Gasteiger partial charge in [0.15, 0.2) is 0 Å². The van der Waals surface area contributed by atoms with Crippen molar-refractivity contribution in [2.45, 2.75) is 20.4 Å². The monoisotopic (exact) mass is 388 g/mol. The highest BCUT2D eigenvalue weighted by Crippen LogP contribution is 2.28. The van der Waals surface area contributed by atoms with Crippen LogP contribution < -0.4 is 10.3 Å². The zero-order valence-corrected chi connectivity index (χ0v) is 16.2. The van der Waals surface area contributed by atoms with Crippen LogP contribution in [0.4, 0.5) is 5.69 Å². The summed E-state index contributed by atoms with van der Waals surface area (Å²) in [5, 5.41) is 20.3. The van der Waals surface area contributed by atoms with Gasteiger partial charge in [-0.3, -0.25) is 19.3 Å². The lowest BCUT2D eigenvalue weighted by molar-refractivity contribution is 0.341. The Morgan fingerprint density at radius 1 is 1.31 bits per heavy atom. The molecule has 7 nitrogen and oxygen atoms in total. The number of pyridine rings is 2. The lowest BCUT2D eigenvalue weighted by Gasteiger charge is -2.14. The number of para-hydroxylation sites is 2. The second-order valence-corrected chi connectivity index (χ2v) is 6.26. The van der Waals surface area contributed by atoms with Gasteiger partial charge in [-0.25, -0.2) is 0 Å². The fourth-order valence-electron chi connectivity index (χ4n) is 2.92. The van der Waals surface area contributed by atoms with Gasteiger partial charge in [0.25, 0.3) is 5.56 Å². The van der Waals surface area contributed by atoms with Crippen LogP contribution in [0.1, 0.15) is 29.2 Å². The molecule has 146 valence electrons. The molecule has 0 saturated heterocycles. The Morgan fingerprint density at radius 3 is 2.79 bits per heavy atom. The van der Waals surface area contributed by atoms with E-state index in [2.05, 4.69) is 9.98 Å². The minimum Gasteiger partial charge on any atom is -0.494 e. The van der Waals surface area contributed by atoms with Gasteiger partial charge in [-0.15, -0.1) is 0 Å². The van der Waals surface area contributed by atoms with Crippen molar-refractivity contribution in [1.29, 1.82) is 5.26 Å². The van der Waals surface area contributed by atoms with Crippen LogP contribution in [-0.2, 0) is 6.54 Å². The molecular formula is C22H20N4O3. The molecule has 7 heteroatoms. The number of aliphatic imine (C=N–C) groups is 1. The van der Waals surface area contributed by atoms with Crippen LogP contribution in [0, 0.1) is 18.3 Å². The first kappa shape index (κ1) is 19.8. The predicted molar refractivity (Wildman–Crippen MR) is 110 cm³/mol. The van der Waals surface area contributed by atoms with Crippen molar-refractivity contribution in [2.24, 2.45) is 4.99 Å². The molecule has 3 rings (SSSR count). The maximum Gasteiger partial charge on any atom is 0.271 e. The Balaban J connectivity index is 2.11. The molecule has 0 atom stereocenters. The SMILES string of the molecule is CCOc1ccccc1N=Cc1c(C)c(C#N)c(=O)n(Cc2cccnc2)c1O. The summed E-state index contributed by atoms with van der Waals surface area (Å²) in [5.41, 5.74) is 1.38. The van der Waals surface area contributed by atoms with Gasteiger partial charge in [-0.05, 0) is 43.2 Å². The Bertz CT molecular complexity index is 1150. The lowest BCUT2D eigenvalue weighted by Crippen LogP contribution is -2.26. The van der Waals surface area contributed by atoms with Gasteiger partial charge in [0.1, 0.15) is 23.1 Å². The molecule has 0 unspecified atom stereocenters. The van der Waals surface area contributed by atoms with Crippen LogP contribution in [0.3, 0.4) is 0 Å². The molecule has 0 amide bonds. The van der Waals surface area contributed by atoms with Crippen molar-refractivity contribution < 1.29 is 9.84 Å². The number of hydrogen-bond acceptors (Lipinski definition) is 6. The van der Waals surface area contributed by atoms with Crippen LogP contribution in [0.2, 0.25) is 0 Å². The normalized spacial score (nSPS) is 10.8. The Morgan fingerprint density at radius 2 is 2.10 bits per heavy atom. The summed E-state index contributed by atoms with van der Waals surface area (Å²) in [6.07, 6.45) is 4.67. The van der Waals surface area contributed by atoms with E-state index in [4.69, 9.17) is 4.74 Å². The summed E-state index contributed by atoms with van der Waals surface area (Å²) in [4.78, 5) is 21.2. The molecule has 0 aliphatic heterocycles. The van der Waals surface area contributed by atoms with E-state index in [1.807, 2.05) is 25.1 Å². The molecule has 1 aromatic carbocycles. The molecule has 1 N–H and O–H groups in total. The fraction of sp³-hybridized carbons (Fsp3) is 0.182. The van der Waals surface area contributed by atoms with Crippen molar-refractivity contribution in [3.05, 3.63) is 81.4 Å². The molecule has 2 aromatic heterocycles. The van der Waals surface area contributed by atoms with Gasteiger partial charge in [-0.1, -0.05) is 18.2 Å². The first-order chi connectivity index (χ1) is 14.1. The van der Waals surface area contributed by atoms with E-state index in [0.717, 1.165) is 10.1 Å². The van der Waals surface area contributed by atoms with Crippen molar-refractivity contribution in [3.8, 4) is 17.7 Å². The van der Waals surface area contributed by atoms with Gasteiger partial charge < -0.3 is 9.84 Å². The number of rotatable bonds is 6. The first-order valence-corrected chi connectivity index (χ1v) is 9.08.